The zero-order valence-electron chi connectivity index (χ0n) is 12.7. The van der Waals surface area contributed by atoms with Crippen molar-refractivity contribution in [3.63, 3.8) is 0 Å². The Hall–Kier alpha value is -2.79. The Morgan fingerprint density at radius 2 is 2.22 bits per heavy atom. The minimum absolute atomic E-state index is 0.163. The maximum Gasteiger partial charge on any atom is 0.315 e. The quantitative estimate of drug-likeness (QED) is 0.864. The van der Waals surface area contributed by atoms with Crippen molar-refractivity contribution in [1.82, 2.24) is 14.9 Å². The number of nitrogens with one attached hydrogen (secondary N) is 1. The summed E-state index contributed by atoms with van der Waals surface area (Å²) in [5, 5.41) is 13.2. The fourth-order valence-corrected chi connectivity index (χ4v) is 2.44. The Kier molecular flexibility index (Phi) is 5.38. The van der Waals surface area contributed by atoms with E-state index in [-0.39, 0.29) is 12.5 Å². The van der Waals surface area contributed by atoms with Crippen LogP contribution in [0.4, 0.5) is 5.13 Å². The van der Waals surface area contributed by atoms with Crippen molar-refractivity contribution in [2.45, 2.75) is 19.4 Å². The predicted molar refractivity (Wildman–Crippen MR) is 86.4 cm³/mol. The lowest BCUT2D eigenvalue weighted by molar-refractivity contribution is -0.143. The smallest absolute Gasteiger partial charge is 0.315 e. The number of thiazole rings is 1. The zero-order chi connectivity index (χ0) is 16.8. The zero-order valence-corrected chi connectivity index (χ0v) is 13.5. The van der Waals surface area contributed by atoms with Crippen LogP contribution < -0.4 is 5.32 Å². The molecule has 0 radical (unpaired) electrons. The molecule has 0 aliphatic rings. The Morgan fingerprint density at radius 1 is 1.43 bits per heavy atom. The molecule has 2 rings (SSSR count). The van der Waals surface area contributed by atoms with Gasteiger partial charge < -0.3 is 4.90 Å². The van der Waals surface area contributed by atoms with Gasteiger partial charge in [0.25, 0.3) is 0 Å². The number of hydrogen-bond donors (Lipinski definition) is 1. The van der Waals surface area contributed by atoms with E-state index in [1.54, 1.807) is 24.6 Å². The average molecular weight is 329 g/mol. The molecule has 2 amide bonds. The fourth-order valence-electron chi connectivity index (χ4n) is 1.74. The minimum atomic E-state index is -0.779. The van der Waals surface area contributed by atoms with E-state index in [0.717, 1.165) is 0 Å². The molecule has 1 atom stereocenters. The number of anilines is 1. The van der Waals surface area contributed by atoms with Crippen LogP contribution in [-0.4, -0.2) is 39.8 Å². The first-order valence-corrected chi connectivity index (χ1v) is 7.73. The molecule has 0 aliphatic heterocycles. The lowest BCUT2D eigenvalue weighted by Crippen LogP contribution is -2.42. The van der Waals surface area contributed by atoms with E-state index in [2.05, 4.69) is 15.3 Å². The molecule has 8 heteroatoms. The summed E-state index contributed by atoms with van der Waals surface area (Å²) in [6.45, 7) is 1.71. The number of carbonyl (C=O) groups excluding carboxylic acids is 2. The highest BCUT2D eigenvalue weighted by molar-refractivity contribution is 7.14. The first-order chi connectivity index (χ1) is 11.0. The van der Waals surface area contributed by atoms with Gasteiger partial charge in [-0.2, -0.15) is 5.26 Å². The van der Waals surface area contributed by atoms with Gasteiger partial charge in [0.05, 0.1) is 18.2 Å². The van der Waals surface area contributed by atoms with Crippen LogP contribution in [0, 0.1) is 11.3 Å². The lowest BCUT2D eigenvalue weighted by Gasteiger charge is -2.21. The summed E-state index contributed by atoms with van der Waals surface area (Å²) in [5.41, 5.74) is 1.32. The maximum atomic E-state index is 12.0. The molecule has 2 heterocycles. The molecule has 2 aromatic rings. The summed E-state index contributed by atoms with van der Waals surface area (Å²) in [7, 11) is 1.49. The topological polar surface area (TPSA) is 99.0 Å². The molecule has 23 heavy (non-hydrogen) atoms. The van der Waals surface area contributed by atoms with E-state index in [1.807, 2.05) is 18.2 Å². The molecule has 1 unspecified atom stereocenters. The molecule has 0 bridgehead atoms. The van der Waals surface area contributed by atoms with E-state index in [0.29, 0.717) is 16.5 Å². The van der Waals surface area contributed by atoms with Crippen molar-refractivity contribution < 1.29 is 9.59 Å². The third kappa shape index (κ3) is 4.11. The number of likely N-dealkylation sites (N-methyl/N-ethyl adjacent to an activating group) is 1. The van der Waals surface area contributed by atoms with Gasteiger partial charge in [-0.25, -0.2) is 4.98 Å². The van der Waals surface area contributed by atoms with Crippen molar-refractivity contribution in [2.24, 2.45) is 0 Å². The molecule has 0 fully saturated rings. The second-order valence-electron chi connectivity index (χ2n) is 4.83. The monoisotopic (exact) mass is 329 g/mol. The SMILES string of the molecule is CC(CC#N)N(C)C(=O)C(=O)Nc1nc(-c2ccccn2)cs1. The van der Waals surface area contributed by atoms with Crippen LogP contribution in [0.2, 0.25) is 0 Å². The molecule has 1 N–H and O–H groups in total. The highest BCUT2D eigenvalue weighted by Crippen LogP contribution is 2.23. The van der Waals surface area contributed by atoms with Gasteiger partial charge in [-0.3, -0.25) is 19.9 Å². The second kappa shape index (κ2) is 7.47. The minimum Gasteiger partial charge on any atom is -0.334 e. The number of rotatable bonds is 4. The largest absolute Gasteiger partial charge is 0.334 e. The first kappa shape index (κ1) is 16.6. The lowest BCUT2D eigenvalue weighted by atomic mass is 10.2. The average Bonchev–Trinajstić information content (AvgIpc) is 3.03. The van der Waals surface area contributed by atoms with Crippen LogP contribution in [0.5, 0.6) is 0 Å². The van der Waals surface area contributed by atoms with Gasteiger partial charge in [0, 0.05) is 24.7 Å². The number of hydrogen-bond acceptors (Lipinski definition) is 6. The van der Waals surface area contributed by atoms with E-state index < -0.39 is 11.8 Å². The van der Waals surface area contributed by atoms with E-state index >= 15 is 0 Å². The number of nitrogens with zero attached hydrogens (tertiary/aromatic N) is 4. The fraction of sp³-hybridized carbons (Fsp3) is 0.267. The van der Waals surface area contributed by atoms with Crippen LogP contribution in [0.1, 0.15) is 13.3 Å². The van der Waals surface area contributed by atoms with Gasteiger partial charge in [-0.15, -0.1) is 11.3 Å². The van der Waals surface area contributed by atoms with Crippen LogP contribution in [0.25, 0.3) is 11.4 Å². The van der Waals surface area contributed by atoms with Crippen LogP contribution in [-0.2, 0) is 9.59 Å². The number of aromatic nitrogens is 2. The molecule has 118 valence electrons. The van der Waals surface area contributed by atoms with Gasteiger partial charge in [-0.1, -0.05) is 6.07 Å². The summed E-state index contributed by atoms with van der Waals surface area (Å²) in [6.07, 6.45) is 1.82. The van der Waals surface area contributed by atoms with E-state index in [4.69, 9.17) is 5.26 Å². The number of amides is 2. The normalized spacial score (nSPS) is 11.3. The Morgan fingerprint density at radius 3 is 2.87 bits per heavy atom. The molecule has 7 nitrogen and oxygen atoms in total. The second-order valence-corrected chi connectivity index (χ2v) is 5.69. The molecular formula is C15H15N5O2S. The first-order valence-electron chi connectivity index (χ1n) is 6.85. The summed E-state index contributed by atoms with van der Waals surface area (Å²) < 4.78 is 0. The molecule has 0 saturated heterocycles. The van der Waals surface area contributed by atoms with Gasteiger partial charge >= 0.3 is 11.8 Å². The predicted octanol–water partition coefficient (Wildman–Crippen LogP) is 1.90. The van der Waals surface area contributed by atoms with Crippen LogP contribution >= 0.6 is 11.3 Å². The molecule has 0 saturated carbocycles. The van der Waals surface area contributed by atoms with E-state index in [9.17, 15) is 9.59 Å². The highest BCUT2D eigenvalue weighted by Gasteiger charge is 2.23. The summed E-state index contributed by atoms with van der Waals surface area (Å²) in [6, 6.07) is 7.09. The van der Waals surface area contributed by atoms with Crippen molar-refractivity contribution in [3.05, 3.63) is 29.8 Å². The van der Waals surface area contributed by atoms with Crippen molar-refractivity contribution in [1.29, 1.82) is 5.26 Å². The number of carbonyl (C=O) groups is 2. The Balaban J connectivity index is 2.02. The third-order valence-electron chi connectivity index (χ3n) is 3.21. The van der Waals surface area contributed by atoms with E-state index in [1.165, 1.54) is 23.3 Å². The van der Waals surface area contributed by atoms with Crippen LogP contribution in [0.3, 0.4) is 0 Å². The van der Waals surface area contributed by atoms with Gasteiger partial charge in [0.15, 0.2) is 5.13 Å². The maximum absolute atomic E-state index is 12.0. The molecular weight excluding hydrogens is 314 g/mol. The van der Waals surface area contributed by atoms with Crippen molar-refractivity contribution in [3.8, 4) is 17.5 Å². The number of nitriles is 1. The third-order valence-corrected chi connectivity index (χ3v) is 3.97. The summed E-state index contributed by atoms with van der Waals surface area (Å²) in [4.78, 5) is 33.6. The molecule has 0 aromatic carbocycles. The molecule has 0 aliphatic carbocycles. The Labute approximate surface area is 137 Å². The number of pyridine rings is 1. The van der Waals surface area contributed by atoms with Gasteiger partial charge in [0.2, 0.25) is 0 Å². The van der Waals surface area contributed by atoms with Crippen molar-refractivity contribution in [2.75, 3.05) is 12.4 Å². The van der Waals surface area contributed by atoms with Crippen LogP contribution in [0.15, 0.2) is 29.8 Å². The van der Waals surface area contributed by atoms with Crippen molar-refractivity contribution >= 4 is 28.3 Å². The standard InChI is InChI=1S/C15H15N5O2S/c1-10(6-7-16)20(2)14(22)13(21)19-15-18-12(9-23-15)11-5-3-4-8-17-11/h3-5,8-10H,6H2,1-2H3,(H,18,19,21). The molecule has 2 aromatic heterocycles. The highest BCUT2D eigenvalue weighted by atomic mass is 32.1. The molecule has 0 spiro atoms. The van der Waals surface area contributed by atoms with Gasteiger partial charge in [-0.05, 0) is 19.1 Å². The van der Waals surface area contributed by atoms with Gasteiger partial charge in [0.1, 0.15) is 5.69 Å². The summed E-state index contributed by atoms with van der Waals surface area (Å²) in [5.74, 6) is -1.48. The Bertz CT molecular complexity index is 738. The summed E-state index contributed by atoms with van der Waals surface area (Å²) >= 11 is 1.21.